The van der Waals surface area contributed by atoms with Crippen molar-refractivity contribution in [3.05, 3.63) is 24.3 Å². The van der Waals surface area contributed by atoms with Gasteiger partial charge in [-0.2, -0.15) is 0 Å². The lowest BCUT2D eigenvalue weighted by molar-refractivity contribution is -0.117. The van der Waals surface area contributed by atoms with E-state index in [-0.39, 0.29) is 11.7 Å². The van der Waals surface area contributed by atoms with Crippen LogP contribution < -0.4 is 0 Å². The van der Waals surface area contributed by atoms with Crippen LogP contribution in [-0.4, -0.2) is 5.78 Å². The molecule has 0 amide bonds. The molecule has 0 bridgehead atoms. The van der Waals surface area contributed by atoms with Gasteiger partial charge in [0.2, 0.25) is 0 Å². The predicted molar refractivity (Wildman–Crippen MR) is 55.5 cm³/mol. The largest absolute Gasteiger partial charge is 0.294 e. The lowest BCUT2D eigenvalue weighted by atomic mass is 9.93. The second kappa shape index (κ2) is 5.74. The van der Waals surface area contributed by atoms with Gasteiger partial charge in [0.15, 0.2) is 5.78 Å². The first kappa shape index (κ1) is 10.2. The van der Waals surface area contributed by atoms with Crippen LogP contribution in [0.4, 0.5) is 0 Å². The zero-order valence-electron chi connectivity index (χ0n) is 8.33. The van der Waals surface area contributed by atoms with Crippen LogP contribution in [0.15, 0.2) is 24.3 Å². The smallest absolute Gasteiger partial charge is 0.162 e. The molecule has 13 heavy (non-hydrogen) atoms. The highest BCUT2D eigenvalue weighted by Gasteiger charge is 2.13. The molecule has 1 aliphatic rings. The van der Waals surface area contributed by atoms with E-state index in [1.54, 1.807) is 6.08 Å². The third kappa shape index (κ3) is 3.58. The van der Waals surface area contributed by atoms with E-state index in [2.05, 4.69) is 6.92 Å². The first-order valence-electron chi connectivity index (χ1n) is 5.23. The Morgan fingerprint density at radius 2 is 2.08 bits per heavy atom. The van der Waals surface area contributed by atoms with Gasteiger partial charge in [0.25, 0.3) is 0 Å². The summed E-state index contributed by atoms with van der Waals surface area (Å²) >= 11 is 0. The third-order valence-corrected chi connectivity index (χ3v) is 2.45. The average Bonchev–Trinajstić information content (AvgIpc) is 2.15. The van der Waals surface area contributed by atoms with Crippen LogP contribution in [-0.2, 0) is 4.79 Å². The summed E-state index contributed by atoms with van der Waals surface area (Å²) in [5.41, 5.74) is 0. The fourth-order valence-electron chi connectivity index (χ4n) is 1.60. The first-order valence-corrected chi connectivity index (χ1v) is 5.23. The number of carbonyl (C=O) groups excluding carboxylic acids is 1. The van der Waals surface area contributed by atoms with Crippen molar-refractivity contribution in [3.8, 4) is 0 Å². The third-order valence-electron chi connectivity index (χ3n) is 2.45. The van der Waals surface area contributed by atoms with Gasteiger partial charge < -0.3 is 0 Å². The minimum Gasteiger partial charge on any atom is -0.294 e. The molecule has 1 heteroatoms. The van der Waals surface area contributed by atoms with Crippen molar-refractivity contribution in [1.29, 1.82) is 0 Å². The van der Waals surface area contributed by atoms with Crippen molar-refractivity contribution in [2.24, 2.45) is 5.92 Å². The fraction of sp³-hybridized carbons (Fsp3) is 0.583. The van der Waals surface area contributed by atoms with Crippen LogP contribution in [0, 0.1) is 5.92 Å². The Morgan fingerprint density at radius 3 is 2.77 bits per heavy atom. The van der Waals surface area contributed by atoms with E-state index in [1.165, 1.54) is 25.7 Å². The molecule has 0 aliphatic heterocycles. The molecular formula is C12H18O. The van der Waals surface area contributed by atoms with Gasteiger partial charge in [-0.05, 0) is 12.5 Å². The van der Waals surface area contributed by atoms with Crippen LogP contribution in [0.25, 0.3) is 0 Å². The second-order valence-corrected chi connectivity index (χ2v) is 3.60. The molecule has 1 nitrogen and oxygen atoms in total. The Balaban J connectivity index is 2.18. The van der Waals surface area contributed by atoms with Crippen LogP contribution >= 0.6 is 0 Å². The van der Waals surface area contributed by atoms with Crippen molar-refractivity contribution in [2.45, 2.75) is 39.0 Å². The minimum absolute atomic E-state index is 0.168. The van der Waals surface area contributed by atoms with E-state index >= 15 is 0 Å². The molecule has 0 N–H and O–H groups in total. The first-order chi connectivity index (χ1) is 6.34. The zero-order chi connectivity index (χ0) is 9.52. The van der Waals surface area contributed by atoms with Crippen molar-refractivity contribution in [1.82, 2.24) is 0 Å². The van der Waals surface area contributed by atoms with E-state index in [1.807, 2.05) is 18.2 Å². The van der Waals surface area contributed by atoms with Crippen molar-refractivity contribution < 1.29 is 4.79 Å². The van der Waals surface area contributed by atoms with E-state index in [0.29, 0.717) is 0 Å². The molecule has 0 aromatic carbocycles. The van der Waals surface area contributed by atoms with Crippen molar-refractivity contribution in [2.75, 3.05) is 0 Å². The topological polar surface area (TPSA) is 17.1 Å². The molecule has 0 aromatic heterocycles. The van der Waals surface area contributed by atoms with Gasteiger partial charge in [-0.1, -0.05) is 50.8 Å². The Morgan fingerprint density at radius 1 is 1.23 bits per heavy atom. The summed E-state index contributed by atoms with van der Waals surface area (Å²) in [5.74, 6) is 0.445. The van der Waals surface area contributed by atoms with Gasteiger partial charge >= 0.3 is 0 Å². The SMILES string of the molecule is CCCCCCC1C=CC=CC1=O. The average molecular weight is 178 g/mol. The number of hydrogen-bond donors (Lipinski definition) is 0. The highest BCUT2D eigenvalue weighted by atomic mass is 16.1. The highest BCUT2D eigenvalue weighted by Crippen LogP contribution is 2.16. The molecule has 0 radical (unpaired) electrons. The van der Waals surface area contributed by atoms with Crippen molar-refractivity contribution in [3.63, 3.8) is 0 Å². The molecular weight excluding hydrogens is 160 g/mol. The molecule has 0 aromatic rings. The maximum Gasteiger partial charge on any atom is 0.162 e. The molecule has 1 rings (SSSR count). The number of unbranched alkanes of at least 4 members (excludes halogenated alkanes) is 3. The number of ketones is 1. The molecule has 1 aliphatic carbocycles. The Hall–Kier alpha value is -0.850. The summed E-state index contributed by atoms with van der Waals surface area (Å²) in [5, 5.41) is 0. The summed E-state index contributed by atoms with van der Waals surface area (Å²) < 4.78 is 0. The number of hydrogen-bond acceptors (Lipinski definition) is 1. The van der Waals surface area contributed by atoms with E-state index < -0.39 is 0 Å². The summed E-state index contributed by atoms with van der Waals surface area (Å²) in [7, 11) is 0. The van der Waals surface area contributed by atoms with Gasteiger partial charge in [0, 0.05) is 5.92 Å². The van der Waals surface area contributed by atoms with Gasteiger partial charge in [-0.15, -0.1) is 0 Å². The molecule has 0 saturated carbocycles. The van der Waals surface area contributed by atoms with Crippen LogP contribution in [0.1, 0.15) is 39.0 Å². The van der Waals surface area contributed by atoms with Crippen molar-refractivity contribution >= 4 is 5.78 Å². The Kier molecular flexibility index (Phi) is 4.52. The second-order valence-electron chi connectivity index (χ2n) is 3.60. The van der Waals surface area contributed by atoms with Crippen LogP contribution in [0.5, 0.6) is 0 Å². The zero-order valence-corrected chi connectivity index (χ0v) is 8.33. The molecule has 1 atom stereocenters. The van der Waals surface area contributed by atoms with Crippen LogP contribution in [0.3, 0.4) is 0 Å². The molecule has 1 unspecified atom stereocenters. The van der Waals surface area contributed by atoms with Gasteiger partial charge in [-0.3, -0.25) is 4.79 Å². The highest BCUT2D eigenvalue weighted by molar-refractivity contribution is 5.94. The minimum atomic E-state index is 0.168. The number of carbonyl (C=O) groups is 1. The molecule has 0 spiro atoms. The maximum atomic E-state index is 11.3. The van der Waals surface area contributed by atoms with E-state index in [4.69, 9.17) is 0 Å². The molecule has 0 saturated heterocycles. The van der Waals surface area contributed by atoms with Crippen LogP contribution in [0.2, 0.25) is 0 Å². The normalized spacial score (nSPS) is 21.0. The Bertz CT molecular complexity index is 213. The van der Waals surface area contributed by atoms with Gasteiger partial charge in [-0.25, -0.2) is 0 Å². The van der Waals surface area contributed by atoms with Gasteiger partial charge in [0.05, 0.1) is 0 Å². The Labute approximate surface area is 80.5 Å². The van der Waals surface area contributed by atoms with E-state index in [9.17, 15) is 4.79 Å². The predicted octanol–water partition coefficient (Wildman–Crippen LogP) is 3.27. The number of allylic oxidation sites excluding steroid dienone is 4. The standard InChI is InChI=1S/C12H18O/c1-2-3-4-5-8-11-9-6-7-10-12(11)13/h6-7,9-11H,2-5,8H2,1H3. The summed E-state index contributed by atoms with van der Waals surface area (Å²) in [6, 6.07) is 0. The lowest BCUT2D eigenvalue weighted by Gasteiger charge is -2.10. The summed E-state index contributed by atoms with van der Waals surface area (Å²) in [6.07, 6.45) is 13.5. The molecule has 0 fully saturated rings. The maximum absolute atomic E-state index is 11.3. The molecule has 72 valence electrons. The quantitative estimate of drug-likeness (QED) is 0.590. The number of rotatable bonds is 5. The molecule has 0 heterocycles. The lowest BCUT2D eigenvalue weighted by Crippen LogP contribution is -2.11. The summed E-state index contributed by atoms with van der Waals surface area (Å²) in [4.78, 5) is 11.3. The van der Waals surface area contributed by atoms with Gasteiger partial charge in [0.1, 0.15) is 0 Å². The summed E-state index contributed by atoms with van der Waals surface area (Å²) in [6.45, 7) is 2.20. The fourth-order valence-corrected chi connectivity index (χ4v) is 1.60. The monoisotopic (exact) mass is 178 g/mol. The van der Waals surface area contributed by atoms with E-state index in [0.717, 1.165) is 6.42 Å².